The molecular formula is C21H25NO3. The Kier molecular flexibility index (Phi) is 5.09. The maximum atomic E-state index is 12.7. The van der Waals surface area contributed by atoms with Crippen molar-refractivity contribution in [2.75, 3.05) is 7.11 Å². The minimum atomic E-state index is -0.748. The van der Waals surface area contributed by atoms with Gasteiger partial charge in [-0.2, -0.15) is 0 Å². The second kappa shape index (κ2) is 7.28. The first-order chi connectivity index (χ1) is 12.0. The molecule has 1 aliphatic rings. The Balaban J connectivity index is 1.61. The van der Waals surface area contributed by atoms with E-state index in [1.54, 1.807) is 7.11 Å². The van der Waals surface area contributed by atoms with Gasteiger partial charge in [-0.1, -0.05) is 42.5 Å². The first-order valence-electron chi connectivity index (χ1n) is 8.71. The summed E-state index contributed by atoms with van der Waals surface area (Å²) in [5.74, 6) is 0.781. The lowest BCUT2D eigenvalue weighted by atomic mass is 9.94. The van der Waals surface area contributed by atoms with Crippen molar-refractivity contribution in [2.45, 2.75) is 38.3 Å². The number of amides is 1. The standard InChI is InChI=1S/C21H25NO3/c1-15(19(23)17-8-10-18(25-2)11-9-17)22-20(24)21(12-13-21)14-16-6-4-3-5-7-16/h3-11,15,19,23H,12-14H2,1-2H3,(H,22,24). The third kappa shape index (κ3) is 4.02. The zero-order valence-corrected chi connectivity index (χ0v) is 14.7. The number of aliphatic hydroxyl groups excluding tert-OH is 1. The molecule has 0 heterocycles. The third-order valence-electron chi connectivity index (χ3n) is 5.01. The minimum absolute atomic E-state index is 0.0383. The number of nitrogens with one attached hydrogen (secondary N) is 1. The second-order valence-corrected chi connectivity index (χ2v) is 6.92. The Morgan fingerprint density at radius 3 is 2.36 bits per heavy atom. The van der Waals surface area contributed by atoms with Crippen molar-refractivity contribution < 1.29 is 14.6 Å². The van der Waals surface area contributed by atoms with Crippen LogP contribution in [0.5, 0.6) is 5.75 Å². The number of aliphatic hydroxyl groups is 1. The van der Waals surface area contributed by atoms with Gasteiger partial charge in [0.15, 0.2) is 0 Å². The van der Waals surface area contributed by atoms with E-state index >= 15 is 0 Å². The van der Waals surface area contributed by atoms with Gasteiger partial charge in [0.05, 0.1) is 24.7 Å². The van der Waals surface area contributed by atoms with E-state index in [0.29, 0.717) is 0 Å². The van der Waals surface area contributed by atoms with Crippen molar-refractivity contribution in [2.24, 2.45) is 5.41 Å². The molecular weight excluding hydrogens is 314 g/mol. The summed E-state index contributed by atoms with van der Waals surface area (Å²) in [7, 11) is 1.61. The summed E-state index contributed by atoms with van der Waals surface area (Å²) < 4.78 is 5.13. The molecule has 2 atom stereocenters. The Morgan fingerprint density at radius 1 is 1.16 bits per heavy atom. The summed E-state index contributed by atoms with van der Waals surface area (Å²) in [6.45, 7) is 1.84. The van der Waals surface area contributed by atoms with Crippen LogP contribution in [0.2, 0.25) is 0 Å². The van der Waals surface area contributed by atoms with Crippen LogP contribution in [0.1, 0.15) is 37.0 Å². The van der Waals surface area contributed by atoms with Crippen molar-refractivity contribution in [3.63, 3.8) is 0 Å². The van der Waals surface area contributed by atoms with Crippen LogP contribution in [0.25, 0.3) is 0 Å². The minimum Gasteiger partial charge on any atom is -0.497 e. The maximum absolute atomic E-state index is 12.7. The molecule has 25 heavy (non-hydrogen) atoms. The fourth-order valence-electron chi connectivity index (χ4n) is 3.15. The largest absolute Gasteiger partial charge is 0.497 e. The van der Waals surface area contributed by atoms with Gasteiger partial charge < -0.3 is 15.2 Å². The molecule has 3 rings (SSSR count). The highest BCUT2D eigenvalue weighted by molar-refractivity contribution is 5.85. The van der Waals surface area contributed by atoms with E-state index in [1.807, 2.05) is 49.4 Å². The van der Waals surface area contributed by atoms with E-state index in [2.05, 4.69) is 17.4 Å². The van der Waals surface area contributed by atoms with Crippen LogP contribution >= 0.6 is 0 Å². The van der Waals surface area contributed by atoms with Crippen LogP contribution in [-0.2, 0) is 11.2 Å². The van der Waals surface area contributed by atoms with Gasteiger partial charge in [0.1, 0.15) is 5.75 Å². The molecule has 1 saturated carbocycles. The van der Waals surface area contributed by atoms with Crippen LogP contribution < -0.4 is 10.1 Å². The number of benzene rings is 2. The van der Waals surface area contributed by atoms with E-state index in [1.165, 1.54) is 5.56 Å². The lowest BCUT2D eigenvalue weighted by molar-refractivity contribution is -0.127. The molecule has 4 nitrogen and oxygen atoms in total. The quantitative estimate of drug-likeness (QED) is 0.814. The fourth-order valence-corrected chi connectivity index (χ4v) is 3.15. The molecule has 0 aliphatic heterocycles. The predicted molar refractivity (Wildman–Crippen MR) is 97.4 cm³/mol. The molecule has 1 amide bonds. The molecule has 0 saturated heterocycles. The smallest absolute Gasteiger partial charge is 0.226 e. The number of carbonyl (C=O) groups is 1. The van der Waals surface area contributed by atoms with Crippen LogP contribution in [0.3, 0.4) is 0 Å². The summed E-state index contributed by atoms with van der Waals surface area (Å²) >= 11 is 0. The molecule has 2 aromatic carbocycles. The van der Waals surface area contributed by atoms with Crippen molar-refractivity contribution in [3.8, 4) is 5.75 Å². The number of hydrogen-bond donors (Lipinski definition) is 2. The van der Waals surface area contributed by atoms with E-state index in [9.17, 15) is 9.90 Å². The molecule has 132 valence electrons. The van der Waals surface area contributed by atoms with Crippen LogP contribution in [-0.4, -0.2) is 24.2 Å². The monoisotopic (exact) mass is 339 g/mol. The van der Waals surface area contributed by atoms with Crippen LogP contribution in [0, 0.1) is 5.41 Å². The van der Waals surface area contributed by atoms with Crippen molar-refractivity contribution in [1.82, 2.24) is 5.32 Å². The van der Waals surface area contributed by atoms with Gasteiger partial charge in [-0.3, -0.25) is 4.79 Å². The molecule has 2 N–H and O–H groups in total. The van der Waals surface area contributed by atoms with Gasteiger partial charge in [-0.05, 0) is 49.4 Å². The van der Waals surface area contributed by atoms with Crippen LogP contribution in [0.4, 0.5) is 0 Å². The highest BCUT2D eigenvalue weighted by Crippen LogP contribution is 2.48. The number of carbonyl (C=O) groups excluding carboxylic acids is 1. The summed E-state index contributed by atoms with van der Waals surface area (Å²) in [4.78, 5) is 12.7. The number of methoxy groups -OCH3 is 1. The SMILES string of the molecule is COc1ccc(C(O)C(C)NC(=O)C2(Cc3ccccc3)CC2)cc1. The zero-order valence-electron chi connectivity index (χ0n) is 14.7. The van der Waals surface area contributed by atoms with Gasteiger partial charge in [0.2, 0.25) is 5.91 Å². The normalized spacial score (nSPS) is 17.4. The van der Waals surface area contributed by atoms with Gasteiger partial charge >= 0.3 is 0 Å². The van der Waals surface area contributed by atoms with E-state index < -0.39 is 6.10 Å². The van der Waals surface area contributed by atoms with Gasteiger partial charge in [0, 0.05) is 0 Å². The van der Waals surface area contributed by atoms with Crippen molar-refractivity contribution >= 4 is 5.91 Å². The Labute approximate surface area is 148 Å². The predicted octanol–water partition coefficient (Wildman–Crippen LogP) is 3.26. The number of ether oxygens (including phenoxy) is 1. The summed E-state index contributed by atoms with van der Waals surface area (Å²) in [6, 6.07) is 17.0. The van der Waals surface area contributed by atoms with Gasteiger partial charge in [-0.25, -0.2) is 0 Å². The van der Waals surface area contributed by atoms with E-state index in [-0.39, 0.29) is 17.4 Å². The molecule has 0 radical (unpaired) electrons. The second-order valence-electron chi connectivity index (χ2n) is 6.92. The molecule has 0 bridgehead atoms. The lowest BCUT2D eigenvalue weighted by Gasteiger charge is -2.24. The summed E-state index contributed by atoms with van der Waals surface area (Å²) in [5, 5.41) is 13.5. The topological polar surface area (TPSA) is 58.6 Å². The Morgan fingerprint density at radius 2 is 1.80 bits per heavy atom. The highest BCUT2D eigenvalue weighted by atomic mass is 16.5. The van der Waals surface area contributed by atoms with Gasteiger partial charge in [0.25, 0.3) is 0 Å². The first-order valence-corrected chi connectivity index (χ1v) is 8.71. The van der Waals surface area contributed by atoms with E-state index in [0.717, 1.165) is 30.6 Å². The molecule has 2 unspecified atom stereocenters. The van der Waals surface area contributed by atoms with E-state index in [4.69, 9.17) is 4.74 Å². The highest BCUT2D eigenvalue weighted by Gasteiger charge is 2.50. The maximum Gasteiger partial charge on any atom is 0.226 e. The zero-order chi connectivity index (χ0) is 17.9. The number of hydrogen-bond acceptors (Lipinski definition) is 3. The number of rotatable bonds is 7. The molecule has 1 fully saturated rings. The molecule has 0 aromatic heterocycles. The molecule has 2 aromatic rings. The first kappa shape index (κ1) is 17.5. The Hall–Kier alpha value is -2.33. The van der Waals surface area contributed by atoms with Crippen LogP contribution in [0.15, 0.2) is 54.6 Å². The third-order valence-corrected chi connectivity index (χ3v) is 5.01. The lowest BCUT2D eigenvalue weighted by Crippen LogP contribution is -2.42. The summed E-state index contributed by atoms with van der Waals surface area (Å²) in [5.41, 5.74) is 1.63. The average molecular weight is 339 g/mol. The Bertz CT molecular complexity index is 708. The van der Waals surface area contributed by atoms with Crippen molar-refractivity contribution in [3.05, 3.63) is 65.7 Å². The molecule has 0 spiro atoms. The van der Waals surface area contributed by atoms with Crippen molar-refractivity contribution in [1.29, 1.82) is 0 Å². The molecule has 1 aliphatic carbocycles. The van der Waals surface area contributed by atoms with Gasteiger partial charge in [-0.15, -0.1) is 0 Å². The molecule has 4 heteroatoms. The summed E-state index contributed by atoms with van der Waals surface area (Å²) in [6.07, 6.45) is 1.81. The average Bonchev–Trinajstić information content (AvgIpc) is 3.42. The fraction of sp³-hybridized carbons (Fsp3) is 0.381.